The molecular formula is C14H19Cl2N3O. The predicted molar refractivity (Wildman–Crippen MR) is 80.3 cm³/mol. The van der Waals surface area contributed by atoms with Crippen LogP contribution in [0.3, 0.4) is 0 Å². The van der Waals surface area contributed by atoms with E-state index < -0.39 is 0 Å². The summed E-state index contributed by atoms with van der Waals surface area (Å²) in [4.78, 5) is 9.11. The molecule has 2 aliphatic heterocycles. The third-order valence-electron chi connectivity index (χ3n) is 4.10. The van der Waals surface area contributed by atoms with Crippen LogP contribution in [0.15, 0.2) is 12.3 Å². The smallest absolute Gasteiger partial charge is 0.130 e. The SMILES string of the molecule is Clc1cc(Cl)c(CN2CCC(N3CCOCC3)C2)cn1. The largest absolute Gasteiger partial charge is 0.379 e. The van der Waals surface area contributed by atoms with Gasteiger partial charge in [0.1, 0.15) is 5.15 Å². The summed E-state index contributed by atoms with van der Waals surface area (Å²) in [5.74, 6) is 0. The van der Waals surface area contributed by atoms with Gasteiger partial charge in [-0.3, -0.25) is 9.80 Å². The van der Waals surface area contributed by atoms with Gasteiger partial charge in [-0.1, -0.05) is 23.2 Å². The van der Waals surface area contributed by atoms with E-state index >= 15 is 0 Å². The van der Waals surface area contributed by atoms with Crippen molar-refractivity contribution in [1.82, 2.24) is 14.8 Å². The van der Waals surface area contributed by atoms with Gasteiger partial charge in [-0.15, -0.1) is 0 Å². The molecular weight excluding hydrogens is 297 g/mol. The quantitative estimate of drug-likeness (QED) is 0.800. The van der Waals surface area contributed by atoms with Gasteiger partial charge in [0.25, 0.3) is 0 Å². The number of rotatable bonds is 3. The fraction of sp³-hybridized carbons (Fsp3) is 0.643. The third kappa shape index (κ3) is 3.43. The predicted octanol–water partition coefficient (Wildman–Crippen LogP) is 2.29. The van der Waals surface area contributed by atoms with Crippen molar-refractivity contribution in [2.45, 2.75) is 19.0 Å². The monoisotopic (exact) mass is 315 g/mol. The summed E-state index contributed by atoms with van der Waals surface area (Å²) < 4.78 is 5.42. The Bertz CT molecular complexity index is 466. The molecule has 0 N–H and O–H groups in total. The maximum atomic E-state index is 6.21. The lowest BCUT2D eigenvalue weighted by Crippen LogP contribution is -2.44. The first-order valence-electron chi connectivity index (χ1n) is 7.06. The molecule has 20 heavy (non-hydrogen) atoms. The lowest BCUT2D eigenvalue weighted by Gasteiger charge is -2.32. The van der Waals surface area contributed by atoms with E-state index in [0.29, 0.717) is 16.2 Å². The molecule has 0 amide bonds. The summed E-state index contributed by atoms with van der Waals surface area (Å²) in [5, 5.41) is 1.16. The summed E-state index contributed by atoms with van der Waals surface area (Å²) in [5.41, 5.74) is 1.05. The number of hydrogen-bond donors (Lipinski definition) is 0. The molecule has 0 saturated carbocycles. The van der Waals surface area contributed by atoms with E-state index in [0.717, 1.165) is 51.5 Å². The summed E-state index contributed by atoms with van der Waals surface area (Å²) >= 11 is 12.0. The van der Waals surface area contributed by atoms with Crippen molar-refractivity contribution < 1.29 is 4.74 Å². The first-order valence-corrected chi connectivity index (χ1v) is 7.82. The Morgan fingerprint density at radius 1 is 1.25 bits per heavy atom. The van der Waals surface area contributed by atoms with Gasteiger partial charge >= 0.3 is 0 Å². The van der Waals surface area contributed by atoms with E-state index in [1.54, 1.807) is 12.3 Å². The molecule has 6 heteroatoms. The second-order valence-electron chi connectivity index (χ2n) is 5.42. The first-order chi connectivity index (χ1) is 9.72. The van der Waals surface area contributed by atoms with E-state index in [4.69, 9.17) is 27.9 Å². The molecule has 0 bridgehead atoms. The molecule has 0 spiro atoms. The summed E-state index contributed by atoms with van der Waals surface area (Å²) in [6.07, 6.45) is 3.01. The van der Waals surface area contributed by atoms with Crippen molar-refractivity contribution in [2.75, 3.05) is 39.4 Å². The Kier molecular flexibility index (Phi) is 4.79. The lowest BCUT2D eigenvalue weighted by atomic mass is 10.2. The second-order valence-corrected chi connectivity index (χ2v) is 6.22. The van der Waals surface area contributed by atoms with Crippen LogP contribution in [0.5, 0.6) is 0 Å². The maximum absolute atomic E-state index is 6.21. The van der Waals surface area contributed by atoms with Gasteiger partial charge in [-0.25, -0.2) is 4.98 Å². The van der Waals surface area contributed by atoms with Crippen LogP contribution in [0.25, 0.3) is 0 Å². The van der Waals surface area contributed by atoms with Crippen molar-refractivity contribution in [3.05, 3.63) is 28.0 Å². The Morgan fingerprint density at radius 3 is 2.80 bits per heavy atom. The molecule has 1 aromatic rings. The molecule has 3 heterocycles. The fourth-order valence-corrected chi connectivity index (χ4v) is 3.42. The summed E-state index contributed by atoms with van der Waals surface area (Å²) in [6.45, 7) is 6.90. The minimum Gasteiger partial charge on any atom is -0.379 e. The summed E-state index contributed by atoms with van der Waals surface area (Å²) in [6, 6.07) is 2.37. The van der Waals surface area contributed by atoms with Gasteiger partial charge in [0.2, 0.25) is 0 Å². The second kappa shape index (κ2) is 6.58. The van der Waals surface area contributed by atoms with E-state index in [1.807, 2.05) is 0 Å². The molecule has 110 valence electrons. The Hall–Kier alpha value is -0.390. The standard InChI is InChI=1S/C14H19Cl2N3O/c15-13-7-14(16)17-8-11(13)9-18-2-1-12(10-18)19-3-5-20-6-4-19/h7-8,12H,1-6,9-10H2. The highest BCUT2D eigenvalue weighted by atomic mass is 35.5. The zero-order chi connectivity index (χ0) is 13.9. The van der Waals surface area contributed by atoms with E-state index in [1.165, 1.54) is 6.42 Å². The van der Waals surface area contributed by atoms with Gasteiger partial charge in [0, 0.05) is 55.5 Å². The number of pyridine rings is 1. The van der Waals surface area contributed by atoms with Gasteiger partial charge < -0.3 is 4.74 Å². The van der Waals surface area contributed by atoms with Crippen LogP contribution >= 0.6 is 23.2 Å². The van der Waals surface area contributed by atoms with Gasteiger partial charge in [0.05, 0.1) is 13.2 Å². The van der Waals surface area contributed by atoms with Crippen LogP contribution in [0.2, 0.25) is 10.2 Å². The van der Waals surface area contributed by atoms with Crippen LogP contribution < -0.4 is 0 Å². The molecule has 4 nitrogen and oxygen atoms in total. The fourth-order valence-electron chi connectivity index (χ4n) is 2.99. The number of nitrogens with zero attached hydrogens (tertiary/aromatic N) is 3. The van der Waals surface area contributed by atoms with Crippen LogP contribution in [0.4, 0.5) is 0 Å². The van der Waals surface area contributed by atoms with E-state index in [9.17, 15) is 0 Å². The number of aromatic nitrogens is 1. The van der Waals surface area contributed by atoms with E-state index in [-0.39, 0.29) is 0 Å². The lowest BCUT2D eigenvalue weighted by molar-refractivity contribution is 0.0184. The van der Waals surface area contributed by atoms with Crippen LogP contribution in [0, 0.1) is 0 Å². The third-order valence-corrected chi connectivity index (χ3v) is 4.66. The van der Waals surface area contributed by atoms with Crippen LogP contribution in [-0.4, -0.2) is 60.2 Å². The molecule has 1 unspecified atom stereocenters. The molecule has 0 aromatic carbocycles. The molecule has 2 fully saturated rings. The molecule has 1 aromatic heterocycles. The Morgan fingerprint density at radius 2 is 2.05 bits per heavy atom. The zero-order valence-electron chi connectivity index (χ0n) is 11.4. The Balaban J connectivity index is 1.57. The molecule has 0 radical (unpaired) electrons. The Labute approximate surface area is 129 Å². The van der Waals surface area contributed by atoms with Crippen LogP contribution in [-0.2, 0) is 11.3 Å². The van der Waals surface area contributed by atoms with Gasteiger partial charge in [0.15, 0.2) is 0 Å². The maximum Gasteiger partial charge on any atom is 0.130 e. The van der Waals surface area contributed by atoms with Gasteiger partial charge in [-0.05, 0) is 12.5 Å². The van der Waals surface area contributed by atoms with Crippen molar-refractivity contribution in [3.8, 4) is 0 Å². The number of morpholine rings is 1. The zero-order valence-corrected chi connectivity index (χ0v) is 12.9. The van der Waals surface area contributed by atoms with Crippen molar-refractivity contribution in [2.24, 2.45) is 0 Å². The van der Waals surface area contributed by atoms with Gasteiger partial charge in [-0.2, -0.15) is 0 Å². The molecule has 3 rings (SSSR count). The average Bonchev–Trinajstić information content (AvgIpc) is 2.92. The number of hydrogen-bond acceptors (Lipinski definition) is 4. The highest BCUT2D eigenvalue weighted by molar-refractivity contribution is 6.34. The molecule has 2 aliphatic rings. The number of likely N-dealkylation sites (tertiary alicyclic amines) is 1. The van der Waals surface area contributed by atoms with Crippen LogP contribution in [0.1, 0.15) is 12.0 Å². The van der Waals surface area contributed by atoms with E-state index in [2.05, 4.69) is 14.8 Å². The minimum absolute atomic E-state index is 0.450. The van der Waals surface area contributed by atoms with Crippen molar-refractivity contribution >= 4 is 23.2 Å². The topological polar surface area (TPSA) is 28.6 Å². The first kappa shape index (κ1) is 14.5. The summed E-state index contributed by atoms with van der Waals surface area (Å²) in [7, 11) is 0. The highest BCUT2D eigenvalue weighted by Gasteiger charge is 2.28. The molecule has 1 atom stereocenters. The van der Waals surface area contributed by atoms with Crippen molar-refractivity contribution in [3.63, 3.8) is 0 Å². The number of ether oxygens (including phenoxy) is 1. The highest BCUT2D eigenvalue weighted by Crippen LogP contribution is 2.23. The average molecular weight is 316 g/mol. The molecule has 2 saturated heterocycles. The number of halogens is 2. The van der Waals surface area contributed by atoms with Crippen molar-refractivity contribution in [1.29, 1.82) is 0 Å². The minimum atomic E-state index is 0.450. The molecule has 0 aliphatic carbocycles. The normalized spacial score (nSPS) is 25.2.